The second kappa shape index (κ2) is 7.93. The number of hydrogen-bond acceptors (Lipinski definition) is 6. The number of ketones is 1. The molecule has 2 heterocycles. The van der Waals surface area contributed by atoms with Crippen LogP contribution in [0.5, 0.6) is 0 Å². The molecule has 0 radical (unpaired) electrons. The topological polar surface area (TPSA) is 89.1 Å². The van der Waals surface area contributed by atoms with Gasteiger partial charge in [-0.25, -0.2) is 0 Å². The highest BCUT2D eigenvalue weighted by atomic mass is 79.9. The number of carbonyl (C=O) groups excluding carboxylic acids is 1. The standard InChI is InChI=1S/C21H20BrN3O3/c22-16-7-5-15(6-8-16)21(10-2-11-21)20-24-19(28-25-20)14-4-9-17(23-13-14)18(27)3-1-12-26/h4-9,13,26H,1-3,10-12H2. The van der Waals surface area contributed by atoms with Gasteiger partial charge in [0.25, 0.3) is 5.89 Å². The van der Waals surface area contributed by atoms with Crippen LogP contribution in [0.25, 0.3) is 11.5 Å². The van der Waals surface area contributed by atoms with Crippen LogP contribution < -0.4 is 0 Å². The van der Waals surface area contributed by atoms with Crippen molar-refractivity contribution in [2.75, 3.05) is 6.61 Å². The Labute approximate surface area is 171 Å². The third kappa shape index (κ3) is 3.52. The molecular formula is C21H20BrN3O3. The highest BCUT2D eigenvalue weighted by Gasteiger charge is 2.44. The van der Waals surface area contributed by atoms with Crippen molar-refractivity contribution in [3.05, 3.63) is 64.1 Å². The lowest BCUT2D eigenvalue weighted by Gasteiger charge is -2.39. The maximum absolute atomic E-state index is 12.0. The van der Waals surface area contributed by atoms with Crippen molar-refractivity contribution < 1.29 is 14.4 Å². The molecule has 0 aliphatic heterocycles. The van der Waals surface area contributed by atoms with Gasteiger partial charge in [-0.05, 0) is 49.1 Å². The van der Waals surface area contributed by atoms with Crippen LogP contribution in [0.2, 0.25) is 0 Å². The Bertz CT molecular complexity index is 963. The zero-order valence-corrected chi connectivity index (χ0v) is 16.9. The van der Waals surface area contributed by atoms with Crippen LogP contribution >= 0.6 is 15.9 Å². The van der Waals surface area contributed by atoms with Gasteiger partial charge < -0.3 is 9.63 Å². The van der Waals surface area contributed by atoms with E-state index in [9.17, 15) is 4.79 Å². The number of rotatable bonds is 7. The Hall–Kier alpha value is -2.38. The molecule has 0 spiro atoms. The summed E-state index contributed by atoms with van der Waals surface area (Å²) in [4.78, 5) is 20.9. The molecule has 1 N–H and O–H groups in total. The van der Waals surface area contributed by atoms with Crippen LogP contribution in [0.4, 0.5) is 0 Å². The van der Waals surface area contributed by atoms with Gasteiger partial charge in [-0.1, -0.05) is 39.6 Å². The smallest absolute Gasteiger partial charge is 0.259 e. The summed E-state index contributed by atoms with van der Waals surface area (Å²) < 4.78 is 6.56. The van der Waals surface area contributed by atoms with Gasteiger partial charge in [-0.3, -0.25) is 9.78 Å². The first kappa shape index (κ1) is 19.0. The molecule has 144 valence electrons. The van der Waals surface area contributed by atoms with Gasteiger partial charge in [-0.2, -0.15) is 4.98 Å². The molecule has 6 nitrogen and oxygen atoms in total. The molecule has 2 aromatic heterocycles. The Morgan fingerprint density at radius 2 is 1.96 bits per heavy atom. The van der Waals surface area contributed by atoms with E-state index < -0.39 is 0 Å². The molecule has 0 bridgehead atoms. The molecule has 1 aliphatic carbocycles. The van der Waals surface area contributed by atoms with E-state index in [1.807, 2.05) is 12.1 Å². The fourth-order valence-electron chi connectivity index (χ4n) is 3.53. The predicted molar refractivity (Wildman–Crippen MR) is 107 cm³/mol. The van der Waals surface area contributed by atoms with E-state index >= 15 is 0 Å². The van der Waals surface area contributed by atoms with E-state index in [0.717, 1.165) is 23.7 Å². The number of aromatic nitrogens is 3. The number of halogens is 1. The molecule has 0 saturated heterocycles. The zero-order valence-electron chi connectivity index (χ0n) is 15.3. The lowest BCUT2D eigenvalue weighted by atomic mass is 9.64. The average molecular weight is 442 g/mol. The number of hydrogen-bond donors (Lipinski definition) is 1. The zero-order chi connectivity index (χ0) is 19.6. The summed E-state index contributed by atoms with van der Waals surface area (Å²) in [6, 6.07) is 11.7. The van der Waals surface area contributed by atoms with E-state index in [2.05, 4.69) is 43.2 Å². The number of aliphatic hydroxyl groups is 1. The van der Waals surface area contributed by atoms with Crippen molar-refractivity contribution in [2.45, 2.75) is 37.5 Å². The number of Topliss-reactive ketones (excluding diaryl/α,β-unsaturated/α-hetero) is 1. The van der Waals surface area contributed by atoms with Crippen LogP contribution in [0.15, 0.2) is 51.6 Å². The molecule has 0 amide bonds. The first-order valence-corrected chi connectivity index (χ1v) is 10.1. The normalized spacial score (nSPS) is 15.2. The minimum Gasteiger partial charge on any atom is -0.396 e. The minimum atomic E-state index is -0.198. The van der Waals surface area contributed by atoms with E-state index in [4.69, 9.17) is 9.63 Å². The van der Waals surface area contributed by atoms with Crippen molar-refractivity contribution in [3.63, 3.8) is 0 Å². The first-order chi connectivity index (χ1) is 13.6. The molecule has 0 unspecified atom stereocenters. The van der Waals surface area contributed by atoms with Crippen LogP contribution in [-0.2, 0) is 5.41 Å². The minimum absolute atomic E-state index is 0.00526. The molecule has 1 fully saturated rings. The highest BCUT2D eigenvalue weighted by molar-refractivity contribution is 9.10. The molecule has 0 atom stereocenters. The monoisotopic (exact) mass is 441 g/mol. The molecule has 3 aromatic rings. The second-order valence-electron chi connectivity index (χ2n) is 7.05. The number of benzene rings is 1. The second-order valence-corrected chi connectivity index (χ2v) is 7.96. The highest BCUT2D eigenvalue weighted by Crippen LogP contribution is 2.48. The van der Waals surface area contributed by atoms with Crippen LogP contribution in [0.3, 0.4) is 0 Å². The van der Waals surface area contributed by atoms with Crippen molar-refractivity contribution in [1.82, 2.24) is 15.1 Å². The molecule has 4 rings (SSSR count). The molecular weight excluding hydrogens is 422 g/mol. The summed E-state index contributed by atoms with van der Waals surface area (Å²) in [5.41, 5.74) is 2.05. The number of carbonyl (C=O) groups is 1. The fraction of sp³-hybridized carbons (Fsp3) is 0.333. The lowest BCUT2D eigenvalue weighted by Crippen LogP contribution is -2.36. The third-order valence-corrected chi connectivity index (χ3v) is 5.84. The summed E-state index contributed by atoms with van der Waals surface area (Å²) in [5.74, 6) is 1.01. The molecule has 1 aliphatic rings. The summed E-state index contributed by atoms with van der Waals surface area (Å²) in [6.45, 7) is -0.00526. The van der Waals surface area contributed by atoms with Crippen LogP contribution in [-0.4, -0.2) is 32.6 Å². The number of nitrogens with zero attached hydrogens (tertiary/aromatic N) is 3. The van der Waals surface area contributed by atoms with Gasteiger partial charge in [0, 0.05) is 23.7 Å². The maximum Gasteiger partial charge on any atom is 0.259 e. The van der Waals surface area contributed by atoms with Crippen molar-refractivity contribution in [3.8, 4) is 11.5 Å². The lowest BCUT2D eigenvalue weighted by molar-refractivity contribution is 0.0966. The molecule has 1 aromatic carbocycles. The fourth-order valence-corrected chi connectivity index (χ4v) is 3.79. The maximum atomic E-state index is 12.0. The Balaban J connectivity index is 1.57. The SMILES string of the molecule is O=C(CCCO)c1ccc(-c2nc(C3(c4ccc(Br)cc4)CCC3)no2)cn1. The molecule has 28 heavy (non-hydrogen) atoms. The average Bonchev–Trinajstić information content (AvgIpc) is 3.17. The van der Waals surface area contributed by atoms with Gasteiger partial charge >= 0.3 is 0 Å². The van der Waals surface area contributed by atoms with E-state index in [0.29, 0.717) is 29.4 Å². The van der Waals surface area contributed by atoms with Crippen molar-refractivity contribution >= 4 is 21.7 Å². The van der Waals surface area contributed by atoms with Crippen molar-refractivity contribution in [1.29, 1.82) is 0 Å². The Morgan fingerprint density at radius 3 is 2.57 bits per heavy atom. The molecule has 1 saturated carbocycles. The number of pyridine rings is 1. The Kier molecular flexibility index (Phi) is 5.37. The quantitative estimate of drug-likeness (QED) is 0.549. The van der Waals surface area contributed by atoms with Gasteiger partial charge in [-0.15, -0.1) is 0 Å². The van der Waals surface area contributed by atoms with Gasteiger partial charge in [0.15, 0.2) is 11.6 Å². The van der Waals surface area contributed by atoms with Gasteiger partial charge in [0.1, 0.15) is 5.69 Å². The summed E-state index contributed by atoms with van der Waals surface area (Å²) >= 11 is 3.48. The van der Waals surface area contributed by atoms with Crippen LogP contribution in [0.1, 0.15) is 54.0 Å². The van der Waals surface area contributed by atoms with E-state index in [1.54, 1.807) is 18.3 Å². The Morgan fingerprint density at radius 1 is 1.18 bits per heavy atom. The summed E-state index contributed by atoms with van der Waals surface area (Å²) in [5, 5.41) is 13.1. The van der Waals surface area contributed by atoms with Gasteiger partial charge in [0.2, 0.25) is 0 Å². The van der Waals surface area contributed by atoms with E-state index in [1.165, 1.54) is 5.56 Å². The summed E-state index contributed by atoms with van der Waals surface area (Å²) in [6.07, 6.45) is 5.41. The first-order valence-electron chi connectivity index (χ1n) is 9.33. The summed E-state index contributed by atoms with van der Waals surface area (Å²) in [7, 11) is 0. The van der Waals surface area contributed by atoms with E-state index in [-0.39, 0.29) is 24.2 Å². The van der Waals surface area contributed by atoms with Crippen molar-refractivity contribution in [2.24, 2.45) is 0 Å². The van der Waals surface area contributed by atoms with Gasteiger partial charge in [0.05, 0.1) is 11.0 Å². The number of aliphatic hydroxyl groups excluding tert-OH is 1. The largest absolute Gasteiger partial charge is 0.396 e. The predicted octanol–water partition coefficient (Wildman–Crippen LogP) is 4.32. The third-order valence-electron chi connectivity index (χ3n) is 5.32. The van der Waals surface area contributed by atoms with Crippen LogP contribution in [0, 0.1) is 0 Å². The molecule has 7 heteroatoms.